The third-order valence-electron chi connectivity index (χ3n) is 3.71. The standard InChI is InChI=1S/C18H18BrNO2/c1-2-14-4-3-12(10-20)9-17(14)22-11-13-7-15-5-6-21-18(15)16(19)8-13/h3-9H,2,10-11,20H2,1H3. The minimum absolute atomic E-state index is 0.515. The lowest BCUT2D eigenvalue weighted by Gasteiger charge is -2.12. The van der Waals surface area contributed by atoms with E-state index in [4.69, 9.17) is 14.9 Å². The molecule has 3 rings (SSSR count). The molecule has 4 heteroatoms. The maximum absolute atomic E-state index is 6.03. The highest BCUT2D eigenvalue weighted by atomic mass is 79.9. The van der Waals surface area contributed by atoms with Crippen LogP contribution in [0.5, 0.6) is 5.75 Å². The SMILES string of the molecule is CCc1ccc(CN)cc1OCc1cc(Br)c2occc2c1. The molecule has 0 bridgehead atoms. The predicted octanol–water partition coefficient (Wildman–Crippen LogP) is 4.80. The van der Waals surface area contributed by atoms with Gasteiger partial charge in [0.15, 0.2) is 0 Å². The first kappa shape index (κ1) is 15.1. The van der Waals surface area contributed by atoms with E-state index in [0.29, 0.717) is 13.2 Å². The van der Waals surface area contributed by atoms with Gasteiger partial charge in [-0.05, 0) is 63.3 Å². The summed E-state index contributed by atoms with van der Waals surface area (Å²) in [5.41, 5.74) is 9.95. The number of nitrogens with two attached hydrogens (primary N) is 1. The largest absolute Gasteiger partial charge is 0.489 e. The normalized spacial score (nSPS) is 11.0. The number of hydrogen-bond donors (Lipinski definition) is 1. The average Bonchev–Trinajstić information content (AvgIpc) is 3.01. The molecule has 2 aromatic carbocycles. The van der Waals surface area contributed by atoms with E-state index in [1.54, 1.807) is 6.26 Å². The van der Waals surface area contributed by atoms with Crippen LogP contribution in [0.2, 0.25) is 0 Å². The fourth-order valence-corrected chi connectivity index (χ4v) is 3.11. The van der Waals surface area contributed by atoms with Crippen molar-refractivity contribution in [3.05, 3.63) is 63.8 Å². The molecule has 1 aromatic heterocycles. The Morgan fingerprint density at radius 3 is 2.77 bits per heavy atom. The van der Waals surface area contributed by atoms with Gasteiger partial charge in [-0.3, -0.25) is 0 Å². The first-order chi connectivity index (χ1) is 10.7. The predicted molar refractivity (Wildman–Crippen MR) is 92.0 cm³/mol. The summed E-state index contributed by atoms with van der Waals surface area (Å²) < 4.78 is 12.4. The maximum Gasteiger partial charge on any atom is 0.148 e. The zero-order chi connectivity index (χ0) is 15.5. The van der Waals surface area contributed by atoms with Gasteiger partial charge in [0, 0.05) is 11.9 Å². The van der Waals surface area contributed by atoms with E-state index in [1.165, 1.54) is 5.56 Å². The Bertz CT molecular complexity index is 795. The van der Waals surface area contributed by atoms with E-state index in [-0.39, 0.29) is 0 Å². The molecule has 0 unspecified atom stereocenters. The third kappa shape index (κ3) is 3.03. The van der Waals surface area contributed by atoms with Crippen molar-refractivity contribution in [1.82, 2.24) is 0 Å². The van der Waals surface area contributed by atoms with Crippen LogP contribution < -0.4 is 10.5 Å². The summed E-state index contributed by atoms with van der Waals surface area (Å²) in [5.74, 6) is 0.911. The Morgan fingerprint density at radius 2 is 2.00 bits per heavy atom. The second-order valence-corrected chi connectivity index (χ2v) is 6.06. The van der Waals surface area contributed by atoms with Gasteiger partial charge < -0.3 is 14.9 Å². The molecule has 0 atom stereocenters. The molecule has 0 aliphatic rings. The molecule has 0 saturated carbocycles. The van der Waals surface area contributed by atoms with Crippen LogP contribution in [-0.4, -0.2) is 0 Å². The lowest BCUT2D eigenvalue weighted by atomic mass is 10.1. The van der Waals surface area contributed by atoms with Gasteiger partial charge in [-0.15, -0.1) is 0 Å². The molecule has 114 valence electrons. The van der Waals surface area contributed by atoms with E-state index in [0.717, 1.165) is 38.7 Å². The van der Waals surface area contributed by atoms with Crippen LogP contribution in [0, 0.1) is 0 Å². The summed E-state index contributed by atoms with van der Waals surface area (Å²) in [5, 5.41) is 1.07. The van der Waals surface area contributed by atoms with Gasteiger partial charge in [-0.25, -0.2) is 0 Å². The summed E-state index contributed by atoms with van der Waals surface area (Å²) in [6.45, 7) is 3.16. The summed E-state index contributed by atoms with van der Waals surface area (Å²) in [6, 6.07) is 12.2. The molecular weight excluding hydrogens is 342 g/mol. The Balaban J connectivity index is 1.84. The van der Waals surface area contributed by atoms with Crippen LogP contribution in [0.4, 0.5) is 0 Å². The molecule has 0 fully saturated rings. The van der Waals surface area contributed by atoms with Gasteiger partial charge in [0.1, 0.15) is 17.9 Å². The molecule has 0 radical (unpaired) electrons. The first-order valence-corrected chi connectivity index (χ1v) is 8.11. The highest BCUT2D eigenvalue weighted by Crippen LogP contribution is 2.28. The zero-order valence-corrected chi connectivity index (χ0v) is 14.0. The second kappa shape index (κ2) is 6.55. The quantitative estimate of drug-likeness (QED) is 0.711. The number of hydrogen-bond acceptors (Lipinski definition) is 3. The Kier molecular flexibility index (Phi) is 4.50. The van der Waals surface area contributed by atoms with Crippen LogP contribution >= 0.6 is 15.9 Å². The van der Waals surface area contributed by atoms with Gasteiger partial charge in [-0.1, -0.05) is 19.1 Å². The summed E-state index contributed by atoms with van der Waals surface area (Å²) >= 11 is 3.54. The maximum atomic E-state index is 6.03. The molecule has 0 amide bonds. The molecule has 2 N–H and O–H groups in total. The van der Waals surface area contributed by atoms with Gasteiger partial charge >= 0.3 is 0 Å². The van der Waals surface area contributed by atoms with Crippen LogP contribution in [0.1, 0.15) is 23.6 Å². The number of aryl methyl sites for hydroxylation is 1. The summed E-state index contributed by atoms with van der Waals surface area (Å²) in [6.07, 6.45) is 2.63. The van der Waals surface area contributed by atoms with Crippen LogP contribution in [0.3, 0.4) is 0 Å². The zero-order valence-electron chi connectivity index (χ0n) is 12.4. The van der Waals surface area contributed by atoms with Crippen molar-refractivity contribution in [1.29, 1.82) is 0 Å². The number of benzene rings is 2. The van der Waals surface area contributed by atoms with Crippen LogP contribution in [-0.2, 0) is 19.6 Å². The Morgan fingerprint density at radius 1 is 1.14 bits per heavy atom. The van der Waals surface area contributed by atoms with E-state index >= 15 is 0 Å². The number of rotatable bonds is 5. The van der Waals surface area contributed by atoms with Crippen LogP contribution in [0.25, 0.3) is 11.0 Å². The summed E-state index contributed by atoms with van der Waals surface area (Å²) in [7, 11) is 0. The third-order valence-corrected chi connectivity index (χ3v) is 4.30. The van der Waals surface area contributed by atoms with E-state index < -0.39 is 0 Å². The lowest BCUT2D eigenvalue weighted by Crippen LogP contribution is -2.02. The van der Waals surface area contributed by atoms with Crippen molar-refractivity contribution in [2.75, 3.05) is 0 Å². The van der Waals surface area contributed by atoms with Crippen molar-refractivity contribution < 1.29 is 9.15 Å². The molecule has 3 aromatic rings. The smallest absolute Gasteiger partial charge is 0.148 e. The van der Waals surface area contributed by atoms with E-state index in [1.807, 2.05) is 18.2 Å². The Hall–Kier alpha value is -1.78. The van der Waals surface area contributed by atoms with Gasteiger partial charge in [0.2, 0.25) is 0 Å². The fourth-order valence-electron chi connectivity index (χ4n) is 2.49. The topological polar surface area (TPSA) is 48.4 Å². The molecule has 0 aliphatic heterocycles. The molecule has 3 nitrogen and oxygen atoms in total. The molecule has 22 heavy (non-hydrogen) atoms. The van der Waals surface area contributed by atoms with Crippen molar-refractivity contribution >= 4 is 26.9 Å². The van der Waals surface area contributed by atoms with Crippen molar-refractivity contribution in [3.63, 3.8) is 0 Å². The number of fused-ring (bicyclic) bond motifs is 1. The molecule has 0 aliphatic carbocycles. The number of furan rings is 1. The van der Waals surface area contributed by atoms with Gasteiger partial charge in [0.05, 0.1) is 10.7 Å². The molecular formula is C18H18BrNO2. The fraction of sp³-hybridized carbons (Fsp3) is 0.222. The number of halogens is 1. The monoisotopic (exact) mass is 359 g/mol. The molecule has 0 saturated heterocycles. The minimum atomic E-state index is 0.515. The minimum Gasteiger partial charge on any atom is -0.489 e. The van der Waals surface area contributed by atoms with Gasteiger partial charge in [0.25, 0.3) is 0 Å². The van der Waals surface area contributed by atoms with Crippen molar-refractivity contribution in [2.24, 2.45) is 5.73 Å². The van der Waals surface area contributed by atoms with E-state index in [2.05, 4.69) is 41.1 Å². The van der Waals surface area contributed by atoms with Crippen molar-refractivity contribution in [3.8, 4) is 5.75 Å². The van der Waals surface area contributed by atoms with Crippen LogP contribution in [0.15, 0.2) is 51.6 Å². The van der Waals surface area contributed by atoms with Crippen molar-refractivity contribution in [2.45, 2.75) is 26.5 Å². The first-order valence-electron chi connectivity index (χ1n) is 7.31. The molecule has 0 spiro atoms. The average molecular weight is 360 g/mol. The summed E-state index contributed by atoms with van der Waals surface area (Å²) in [4.78, 5) is 0. The highest BCUT2D eigenvalue weighted by Gasteiger charge is 2.08. The van der Waals surface area contributed by atoms with Gasteiger partial charge in [-0.2, -0.15) is 0 Å². The Labute approximate surface area is 138 Å². The lowest BCUT2D eigenvalue weighted by molar-refractivity contribution is 0.303. The second-order valence-electron chi connectivity index (χ2n) is 5.21. The highest BCUT2D eigenvalue weighted by molar-refractivity contribution is 9.10. The molecule has 1 heterocycles. The van der Waals surface area contributed by atoms with E-state index in [9.17, 15) is 0 Å². The number of ether oxygens (including phenoxy) is 1.